The normalized spacial score (nSPS) is 17.7. The lowest BCUT2D eigenvalue weighted by atomic mass is 9.84. The topological polar surface area (TPSA) is 26.0 Å². The molecule has 0 aromatic heterocycles. The summed E-state index contributed by atoms with van der Waals surface area (Å²) >= 11 is 0. The molecular weight excluding hydrogens is 242 g/mol. The van der Waals surface area contributed by atoms with Crippen LogP contribution in [0.25, 0.3) is 0 Å². The fraction of sp³-hybridized carbons (Fsp3) is 0.684. The van der Waals surface area contributed by atoms with Crippen molar-refractivity contribution in [2.45, 2.75) is 79.2 Å². The molecule has 0 aliphatic heterocycles. The third-order valence-corrected chi connectivity index (χ3v) is 5.79. The van der Waals surface area contributed by atoms with Crippen LogP contribution in [-0.2, 0) is 0 Å². The fourth-order valence-corrected chi connectivity index (χ4v) is 3.94. The van der Waals surface area contributed by atoms with Crippen molar-refractivity contribution in [3.8, 4) is 0 Å². The van der Waals surface area contributed by atoms with Gasteiger partial charge in [-0.05, 0) is 86.8 Å². The van der Waals surface area contributed by atoms with Gasteiger partial charge in [0.05, 0.1) is 0 Å². The van der Waals surface area contributed by atoms with Gasteiger partial charge in [-0.1, -0.05) is 25.7 Å². The van der Waals surface area contributed by atoms with E-state index in [-0.39, 0.29) is 6.04 Å². The summed E-state index contributed by atoms with van der Waals surface area (Å²) in [7, 11) is 0. The lowest BCUT2D eigenvalue weighted by Crippen LogP contribution is -2.16. The number of nitrogens with two attached hydrogens (primary N) is 1. The van der Waals surface area contributed by atoms with Crippen molar-refractivity contribution in [1.82, 2.24) is 0 Å². The number of rotatable bonds is 4. The molecule has 1 unspecified atom stereocenters. The van der Waals surface area contributed by atoms with Crippen LogP contribution < -0.4 is 5.73 Å². The van der Waals surface area contributed by atoms with Crippen molar-refractivity contribution in [3.05, 3.63) is 33.4 Å². The van der Waals surface area contributed by atoms with Gasteiger partial charge in [0.2, 0.25) is 0 Å². The maximum absolute atomic E-state index is 6.56. The van der Waals surface area contributed by atoms with E-state index in [4.69, 9.17) is 5.73 Å². The standard InChI is InChI=1S/C19H31N/c1-12-13(2)15(4)19(16(5)14(12)3)18(20)11-10-17-8-6-7-9-17/h17-18H,6-11,20H2,1-5H3. The van der Waals surface area contributed by atoms with Gasteiger partial charge in [0, 0.05) is 6.04 Å². The summed E-state index contributed by atoms with van der Waals surface area (Å²) in [5.41, 5.74) is 15.1. The molecule has 0 saturated heterocycles. The number of hydrogen-bond acceptors (Lipinski definition) is 1. The second-order valence-electron chi connectivity index (χ2n) is 6.87. The summed E-state index contributed by atoms with van der Waals surface area (Å²) < 4.78 is 0. The first kappa shape index (κ1) is 15.6. The lowest BCUT2D eigenvalue weighted by molar-refractivity contribution is 0.452. The molecule has 2 rings (SSSR count). The molecule has 0 bridgehead atoms. The van der Waals surface area contributed by atoms with Gasteiger partial charge in [-0.25, -0.2) is 0 Å². The Labute approximate surface area is 125 Å². The van der Waals surface area contributed by atoms with Gasteiger partial charge in [0.1, 0.15) is 0 Å². The highest BCUT2D eigenvalue weighted by molar-refractivity contribution is 5.50. The van der Waals surface area contributed by atoms with Crippen molar-refractivity contribution in [1.29, 1.82) is 0 Å². The predicted octanol–water partition coefficient (Wildman–Crippen LogP) is 5.20. The average molecular weight is 273 g/mol. The van der Waals surface area contributed by atoms with E-state index in [2.05, 4.69) is 34.6 Å². The third-order valence-electron chi connectivity index (χ3n) is 5.79. The van der Waals surface area contributed by atoms with Gasteiger partial charge in [-0.3, -0.25) is 0 Å². The van der Waals surface area contributed by atoms with Gasteiger partial charge in [-0.2, -0.15) is 0 Å². The van der Waals surface area contributed by atoms with Crippen LogP contribution in [0, 0.1) is 40.5 Å². The molecule has 0 heterocycles. The van der Waals surface area contributed by atoms with Gasteiger partial charge in [0.25, 0.3) is 0 Å². The van der Waals surface area contributed by atoms with Crippen LogP contribution in [0.3, 0.4) is 0 Å². The molecule has 1 saturated carbocycles. The van der Waals surface area contributed by atoms with Crippen molar-refractivity contribution in [2.75, 3.05) is 0 Å². The second-order valence-corrected chi connectivity index (χ2v) is 6.87. The van der Waals surface area contributed by atoms with E-state index in [1.165, 1.54) is 65.5 Å². The zero-order chi connectivity index (χ0) is 14.9. The summed E-state index contributed by atoms with van der Waals surface area (Å²) in [6.07, 6.45) is 8.18. The van der Waals surface area contributed by atoms with E-state index >= 15 is 0 Å². The predicted molar refractivity (Wildman–Crippen MR) is 88.2 cm³/mol. The number of hydrogen-bond donors (Lipinski definition) is 1. The SMILES string of the molecule is Cc1c(C)c(C)c(C(N)CCC2CCCC2)c(C)c1C. The molecule has 1 atom stereocenters. The van der Waals surface area contributed by atoms with Crippen LogP contribution in [0.15, 0.2) is 0 Å². The minimum atomic E-state index is 0.216. The Balaban J connectivity index is 2.18. The van der Waals surface area contributed by atoms with Crippen LogP contribution in [0.4, 0.5) is 0 Å². The molecule has 112 valence electrons. The van der Waals surface area contributed by atoms with Crippen LogP contribution in [0.5, 0.6) is 0 Å². The quantitative estimate of drug-likeness (QED) is 0.801. The van der Waals surface area contributed by atoms with Crippen molar-refractivity contribution < 1.29 is 0 Å². The summed E-state index contributed by atoms with van der Waals surface area (Å²) in [5.74, 6) is 0.939. The Morgan fingerprint density at radius 3 is 1.80 bits per heavy atom. The third kappa shape index (κ3) is 2.93. The molecule has 1 aliphatic carbocycles. The molecule has 0 radical (unpaired) electrons. The van der Waals surface area contributed by atoms with Crippen LogP contribution in [-0.4, -0.2) is 0 Å². The zero-order valence-corrected chi connectivity index (χ0v) is 14.0. The molecule has 1 aliphatic rings. The smallest absolute Gasteiger partial charge is 0.0300 e. The Kier molecular flexibility index (Phi) is 4.90. The molecule has 2 N–H and O–H groups in total. The molecule has 1 aromatic carbocycles. The van der Waals surface area contributed by atoms with Crippen LogP contribution in [0.1, 0.15) is 77.9 Å². The van der Waals surface area contributed by atoms with Crippen LogP contribution in [0.2, 0.25) is 0 Å². The molecule has 1 aromatic rings. The lowest BCUT2D eigenvalue weighted by Gasteiger charge is -2.24. The van der Waals surface area contributed by atoms with E-state index in [1.54, 1.807) is 0 Å². The Hall–Kier alpha value is -0.820. The summed E-state index contributed by atoms with van der Waals surface area (Å²) in [6, 6.07) is 0.216. The molecule has 20 heavy (non-hydrogen) atoms. The molecular formula is C19H31N. The Morgan fingerprint density at radius 1 is 0.850 bits per heavy atom. The highest BCUT2D eigenvalue weighted by Crippen LogP contribution is 2.34. The van der Waals surface area contributed by atoms with Crippen LogP contribution >= 0.6 is 0 Å². The van der Waals surface area contributed by atoms with E-state index in [0.29, 0.717) is 0 Å². The maximum Gasteiger partial charge on any atom is 0.0300 e. The van der Waals surface area contributed by atoms with Crippen molar-refractivity contribution in [3.63, 3.8) is 0 Å². The highest BCUT2D eigenvalue weighted by atomic mass is 14.6. The van der Waals surface area contributed by atoms with Gasteiger partial charge >= 0.3 is 0 Å². The second kappa shape index (κ2) is 6.30. The van der Waals surface area contributed by atoms with E-state index < -0.39 is 0 Å². The minimum absolute atomic E-state index is 0.216. The van der Waals surface area contributed by atoms with E-state index in [0.717, 1.165) is 12.3 Å². The van der Waals surface area contributed by atoms with Gasteiger partial charge in [0.15, 0.2) is 0 Å². The average Bonchev–Trinajstić information content (AvgIpc) is 2.94. The largest absolute Gasteiger partial charge is 0.324 e. The summed E-state index contributed by atoms with van der Waals surface area (Å²) in [4.78, 5) is 0. The first-order chi connectivity index (χ1) is 9.43. The minimum Gasteiger partial charge on any atom is -0.324 e. The van der Waals surface area contributed by atoms with Crippen molar-refractivity contribution in [2.24, 2.45) is 11.7 Å². The summed E-state index contributed by atoms with van der Waals surface area (Å²) in [6.45, 7) is 11.2. The monoisotopic (exact) mass is 273 g/mol. The Bertz CT molecular complexity index is 452. The van der Waals surface area contributed by atoms with E-state index in [9.17, 15) is 0 Å². The molecule has 0 amide bonds. The molecule has 1 heteroatoms. The first-order valence-corrected chi connectivity index (χ1v) is 8.26. The molecule has 1 nitrogen and oxygen atoms in total. The van der Waals surface area contributed by atoms with E-state index in [1.807, 2.05) is 0 Å². The summed E-state index contributed by atoms with van der Waals surface area (Å²) in [5, 5.41) is 0. The highest BCUT2D eigenvalue weighted by Gasteiger charge is 2.20. The van der Waals surface area contributed by atoms with Crippen molar-refractivity contribution >= 4 is 0 Å². The number of benzene rings is 1. The Morgan fingerprint density at radius 2 is 1.30 bits per heavy atom. The zero-order valence-electron chi connectivity index (χ0n) is 14.0. The maximum atomic E-state index is 6.56. The fourth-order valence-electron chi connectivity index (χ4n) is 3.94. The first-order valence-electron chi connectivity index (χ1n) is 8.26. The van der Waals surface area contributed by atoms with Gasteiger partial charge < -0.3 is 5.73 Å². The molecule has 0 spiro atoms. The van der Waals surface area contributed by atoms with Gasteiger partial charge in [-0.15, -0.1) is 0 Å². The molecule has 1 fully saturated rings.